The van der Waals surface area contributed by atoms with E-state index in [0.29, 0.717) is 37.5 Å². The van der Waals surface area contributed by atoms with Crippen LogP contribution >= 0.6 is 11.8 Å². The summed E-state index contributed by atoms with van der Waals surface area (Å²) in [6.45, 7) is 5.50. The van der Waals surface area contributed by atoms with E-state index >= 15 is 0 Å². The molecule has 0 spiro atoms. The Kier molecular flexibility index (Phi) is 19.9. The molecule has 64 heavy (non-hydrogen) atoms. The van der Waals surface area contributed by atoms with Gasteiger partial charge in [-0.15, -0.1) is 18.3 Å². The van der Waals surface area contributed by atoms with Gasteiger partial charge in [-0.2, -0.15) is 0 Å². The first-order valence-corrected chi connectivity index (χ1v) is 23.6. The second-order valence-electron chi connectivity index (χ2n) is 16.1. The van der Waals surface area contributed by atoms with E-state index in [-0.39, 0.29) is 83.6 Å². The summed E-state index contributed by atoms with van der Waals surface area (Å²) in [5.41, 5.74) is 3.57. The summed E-state index contributed by atoms with van der Waals surface area (Å²) in [6.07, 6.45) is 8.16. The maximum absolute atomic E-state index is 14.5. The van der Waals surface area contributed by atoms with Gasteiger partial charge < -0.3 is 48.6 Å². The van der Waals surface area contributed by atoms with Gasteiger partial charge >= 0.3 is 6.09 Å². The SMILES string of the molecule is C=CCOC12Oc3ccc(OCCSc4ccccc4)cc3C3C(CCCCO)C(CCCCO)C=C(C(=NOC)CC1N(CCOCCO)C(=O)OCCOCc1ccccc1)C32. The molecule has 0 bridgehead atoms. The molecular formula is C50H66N2O11S. The summed E-state index contributed by atoms with van der Waals surface area (Å²) in [7, 11) is 1.52. The molecule has 3 aliphatic rings. The number of carbonyl (C=O) groups excluding carboxylic acids is 1. The molecule has 6 unspecified atom stereocenters. The fourth-order valence-corrected chi connectivity index (χ4v) is 10.2. The number of fused-ring (bicyclic) bond motifs is 2. The van der Waals surface area contributed by atoms with Crippen LogP contribution in [0.15, 0.2) is 113 Å². The molecule has 2 aliphatic carbocycles. The number of amides is 1. The van der Waals surface area contributed by atoms with Gasteiger partial charge in [0, 0.05) is 48.3 Å². The molecule has 3 aromatic carbocycles. The second-order valence-corrected chi connectivity index (χ2v) is 17.3. The van der Waals surface area contributed by atoms with Crippen molar-refractivity contribution < 1.29 is 53.4 Å². The minimum atomic E-state index is -1.47. The molecule has 1 fully saturated rings. The Hall–Kier alpha value is -4.41. The second kappa shape index (κ2) is 25.9. The smallest absolute Gasteiger partial charge is 0.410 e. The average molecular weight is 903 g/mol. The maximum atomic E-state index is 14.5. The lowest BCUT2D eigenvalue weighted by atomic mass is 9.55. The Labute approximate surface area is 382 Å². The molecule has 1 amide bonds. The topological polar surface area (TPSA) is 158 Å². The number of benzene rings is 3. The van der Waals surface area contributed by atoms with E-state index in [1.54, 1.807) is 22.7 Å². The van der Waals surface area contributed by atoms with Gasteiger partial charge in [0.1, 0.15) is 31.3 Å². The number of nitrogens with zero attached hydrogens (tertiary/aromatic N) is 2. The van der Waals surface area contributed by atoms with E-state index in [0.717, 1.165) is 53.9 Å². The molecule has 0 radical (unpaired) electrons. The summed E-state index contributed by atoms with van der Waals surface area (Å²) >= 11 is 1.73. The van der Waals surface area contributed by atoms with Gasteiger partial charge in [0.05, 0.1) is 57.9 Å². The van der Waals surface area contributed by atoms with E-state index in [1.807, 2.05) is 60.7 Å². The van der Waals surface area contributed by atoms with Crippen molar-refractivity contribution in [3.8, 4) is 11.5 Å². The Balaban J connectivity index is 1.41. The summed E-state index contributed by atoms with van der Waals surface area (Å²) in [5.74, 6) is 0.0583. The highest BCUT2D eigenvalue weighted by Crippen LogP contribution is 2.62. The molecule has 1 heterocycles. The Morgan fingerprint density at radius 3 is 2.41 bits per heavy atom. The highest BCUT2D eigenvalue weighted by molar-refractivity contribution is 7.99. The first-order chi connectivity index (χ1) is 31.5. The fourth-order valence-electron chi connectivity index (χ4n) is 9.42. The predicted octanol–water partition coefficient (Wildman–Crippen LogP) is 7.79. The minimum Gasteiger partial charge on any atom is -0.493 e. The highest BCUT2D eigenvalue weighted by Gasteiger charge is 2.65. The van der Waals surface area contributed by atoms with Gasteiger partial charge in [-0.3, -0.25) is 4.90 Å². The summed E-state index contributed by atoms with van der Waals surface area (Å²) in [5, 5.41) is 34.0. The van der Waals surface area contributed by atoms with Gasteiger partial charge in [-0.25, -0.2) is 4.79 Å². The Morgan fingerprint density at radius 1 is 0.906 bits per heavy atom. The number of carbonyl (C=O) groups is 1. The number of hydrogen-bond donors (Lipinski definition) is 3. The van der Waals surface area contributed by atoms with Crippen molar-refractivity contribution in [2.45, 2.75) is 74.2 Å². The summed E-state index contributed by atoms with van der Waals surface area (Å²) < 4.78 is 38.4. The molecule has 0 saturated heterocycles. The Morgan fingerprint density at radius 2 is 1.67 bits per heavy atom. The number of aliphatic hydroxyl groups is 3. The molecule has 0 aromatic heterocycles. The van der Waals surface area contributed by atoms with E-state index in [9.17, 15) is 20.1 Å². The minimum absolute atomic E-state index is 0.00188. The molecule has 14 heteroatoms. The maximum Gasteiger partial charge on any atom is 0.410 e. The molecular weight excluding hydrogens is 837 g/mol. The molecule has 3 N–H and O–H groups in total. The third-order valence-electron chi connectivity index (χ3n) is 12.1. The summed E-state index contributed by atoms with van der Waals surface area (Å²) in [6, 6.07) is 25.2. The quantitative estimate of drug-likeness (QED) is 0.0282. The molecule has 13 nitrogen and oxygen atoms in total. The van der Waals surface area contributed by atoms with Crippen molar-refractivity contribution >= 4 is 23.6 Å². The number of allylic oxidation sites excluding steroid dienone is 1. The molecule has 6 rings (SSSR count). The van der Waals surface area contributed by atoms with Gasteiger partial charge in [0.15, 0.2) is 0 Å². The average Bonchev–Trinajstić information content (AvgIpc) is 3.32. The van der Waals surface area contributed by atoms with Crippen LogP contribution < -0.4 is 9.47 Å². The zero-order chi connectivity index (χ0) is 45.0. The van der Waals surface area contributed by atoms with Gasteiger partial charge in [-0.05, 0) is 79.0 Å². The first-order valence-electron chi connectivity index (χ1n) is 22.6. The number of rotatable bonds is 28. The third-order valence-corrected chi connectivity index (χ3v) is 13.1. The van der Waals surface area contributed by atoms with E-state index in [2.05, 4.69) is 36.0 Å². The zero-order valence-corrected chi connectivity index (χ0v) is 37.9. The van der Waals surface area contributed by atoms with Crippen LogP contribution in [0.25, 0.3) is 0 Å². The van der Waals surface area contributed by atoms with Gasteiger partial charge in [0.25, 0.3) is 0 Å². The largest absolute Gasteiger partial charge is 0.493 e. The van der Waals surface area contributed by atoms with Crippen LogP contribution in [0, 0.1) is 17.8 Å². The number of aliphatic hydroxyl groups excluding tert-OH is 3. The monoisotopic (exact) mass is 902 g/mol. The van der Waals surface area contributed by atoms with Crippen molar-refractivity contribution in [2.75, 3.05) is 78.9 Å². The molecule has 348 valence electrons. The predicted molar refractivity (Wildman–Crippen MR) is 247 cm³/mol. The molecule has 3 aromatic rings. The van der Waals surface area contributed by atoms with Crippen molar-refractivity contribution in [3.05, 3.63) is 114 Å². The number of hydrogen-bond acceptors (Lipinski definition) is 13. The van der Waals surface area contributed by atoms with Crippen LogP contribution in [0.5, 0.6) is 11.5 Å². The van der Waals surface area contributed by atoms with E-state index in [1.165, 1.54) is 12.0 Å². The lowest BCUT2D eigenvalue weighted by Crippen LogP contribution is -2.70. The number of oxime groups is 1. The first kappa shape index (κ1) is 49.0. The molecule has 1 saturated carbocycles. The normalized spacial score (nSPS) is 22.7. The number of ether oxygens (including phenoxy) is 6. The van der Waals surface area contributed by atoms with E-state index < -0.39 is 23.8 Å². The van der Waals surface area contributed by atoms with Crippen molar-refractivity contribution in [1.82, 2.24) is 4.90 Å². The van der Waals surface area contributed by atoms with Crippen LogP contribution in [-0.4, -0.2) is 123 Å². The lowest BCUT2D eigenvalue weighted by Gasteiger charge is -2.59. The van der Waals surface area contributed by atoms with Crippen LogP contribution in [0.3, 0.4) is 0 Å². The lowest BCUT2D eigenvalue weighted by molar-refractivity contribution is -0.256. The molecule has 1 aliphatic heterocycles. The standard InChI is InChI=1S/C50H66N2O11S/c1-3-26-62-50-46(52(22-27-58-28-25-55)49(56)61-30-29-59-36-37-14-6-4-7-15-37)35-44(51-57-2)42-33-38(16-10-12-23-53)41(19-11-13-24-54)47(48(42)50)43-34-39(20-21-45(43)63-50)60-31-32-64-40-17-8-5-9-18-40/h3-9,14-15,17-18,20-21,33-34,38,41,46-48,53-55H,1,10-13,16,19,22-32,35-36H2,2H3. The van der Waals surface area contributed by atoms with Gasteiger partial charge in [-0.1, -0.05) is 78.7 Å². The zero-order valence-electron chi connectivity index (χ0n) is 37.1. The summed E-state index contributed by atoms with van der Waals surface area (Å²) in [4.78, 5) is 22.9. The van der Waals surface area contributed by atoms with Gasteiger partial charge in [0.2, 0.25) is 5.79 Å². The number of unbranched alkanes of at least 4 members (excludes halogenated alkanes) is 2. The fraction of sp³-hybridized carbons (Fsp3) is 0.520. The molecule has 6 atom stereocenters. The van der Waals surface area contributed by atoms with Crippen molar-refractivity contribution in [2.24, 2.45) is 22.9 Å². The third kappa shape index (κ3) is 12.7. The van der Waals surface area contributed by atoms with Crippen molar-refractivity contribution in [1.29, 1.82) is 0 Å². The number of thioether (sulfide) groups is 1. The van der Waals surface area contributed by atoms with Crippen molar-refractivity contribution in [3.63, 3.8) is 0 Å². The van der Waals surface area contributed by atoms with E-state index in [4.69, 9.17) is 33.3 Å². The van der Waals surface area contributed by atoms with Crippen LogP contribution in [0.2, 0.25) is 0 Å². The van der Waals surface area contributed by atoms with Crippen LogP contribution in [0.1, 0.15) is 62.0 Å². The Bertz CT molecular complexity index is 1930. The van der Waals surface area contributed by atoms with Crippen LogP contribution in [-0.2, 0) is 30.4 Å². The van der Waals surface area contributed by atoms with Crippen LogP contribution in [0.4, 0.5) is 4.79 Å². The highest BCUT2D eigenvalue weighted by atomic mass is 32.2.